The molecule has 2 aliphatic heterocycles. The third-order valence-electron chi connectivity index (χ3n) is 7.81. The van der Waals surface area contributed by atoms with E-state index in [9.17, 15) is 14.7 Å². The number of amides is 1. The predicted molar refractivity (Wildman–Crippen MR) is 119 cm³/mol. The average molecular weight is 468 g/mol. The van der Waals surface area contributed by atoms with Gasteiger partial charge in [0.05, 0.1) is 29.3 Å². The van der Waals surface area contributed by atoms with Crippen molar-refractivity contribution in [1.29, 1.82) is 0 Å². The molecule has 2 aromatic heterocycles. The Balaban J connectivity index is 1.24. The SMILES string of the molecule is CC1=C(N2CCC3(CCC(N(C)[C@@H](CO)c4ccc(-n5cnnn5)nc4)CC3)C2=O)COC1=O. The quantitative estimate of drug-likeness (QED) is 0.619. The molecule has 1 amide bonds. The summed E-state index contributed by atoms with van der Waals surface area (Å²) in [6.45, 7) is 2.53. The van der Waals surface area contributed by atoms with E-state index in [2.05, 4.69) is 25.4 Å². The maximum absolute atomic E-state index is 13.4. The van der Waals surface area contributed by atoms with E-state index in [1.54, 1.807) is 18.0 Å². The van der Waals surface area contributed by atoms with Gasteiger partial charge in [0.1, 0.15) is 12.9 Å². The number of hydrogen-bond donors (Lipinski definition) is 1. The molecule has 2 fully saturated rings. The number of pyridine rings is 1. The molecule has 0 radical (unpaired) electrons. The second-order valence-electron chi connectivity index (χ2n) is 9.43. The highest BCUT2D eigenvalue weighted by Crippen LogP contribution is 2.47. The van der Waals surface area contributed by atoms with E-state index in [1.165, 1.54) is 11.0 Å². The zero-order chi connectivity index (χ0) is 23.9. The van der Waals surface area contributed by atoms with Crippen LogP contribution in [0.4, 0.5) is 0 Å². The van der Waals surface area contributed by atoms with Crippen molar-refractivity contribution in [2.45, 2.75) is 51.1 Å². The van der Waals surface area contributed by atoms with Gasteiger partial charge >= 0.3 is 5.97 Å². The predicted octanol–water partition coefficient (Wildman–Crippen LogP) is 1.01. The Morgan fingerprint density at radius 1 is 1.26 bits per heavy atom. The van der Waals surface area contributed by atoms with Crippen molar-refractivity contribution in [3.05, 3.63) is 41.5 Å². The fourth-order valence-electron chi connectivity index (χ4n) is 5.57. The highest BCUT2D eigenvalue weighted by atomic mass is 16.5. The highest BCUT2D eigenvalue weighted by molar-refractivity contribution is 5.94. The minimum absolute atomic E-state index is 0.0295. The first-order valence-corrected chi connectivity index (χ1v) is 11.6. The van der Waals surface area contributed by atoms with Crippen LogP contribution in [0.3, 0.4) is 0 Å². The number of nitrogens with zero attached hydrogens (tertiary/aromatic N) is 7. The maximum Gasteiger partial charge on any atom is 0.336 e. The summed E-state index contributed by atoms with van der Waals surface area (Å²) in [5.41, 5.74) is 1.83. The van der Waals surface area contributed by atoms with Gasteiger partial charge in [0.25, 0.3) is 0 Å². The molecule has 4 heterocycles. The first-order chi connectivity index (χ1) is 16.4. The molecule has 0 unspecified atom stereocenters. The number of likely N-dealkylation sites (N-methyl/N-ethyl adjacent to an activating group) is 1. The monoisotopic (exact) mass is 467 g/mol. The summed E-state index contributed by atoms with van der Waals surface area (Å²) in [5.74, 6) is 0.406. The number of tetrazole rings is 1. The molecule has 11 heteroatoms. The minimum atomic E-state index is -0.361. The molecule has 2 aromatic rings. The second-order valence-corrected chi connectivity index (χ2v) is 9.43. The largest absolute Gasteiger partial charge is 0.456 e. The minimum Gasteiger partial charge on any atom is -0.456 e. The van der Waals surface area contributed by atoms with E-state index in [0.29, 0.717) is 17.9 Å². The number of carbonyl (C=O) groups excluding carboxylic acids is 2. The van der Waals surface area contributed by atoms with Gasteiger partial charge in [-0.05, 0) is 68.1 Å². The molecule has 1 spiro atoms. The fraction of sp³-hybridized carbons (Fsp3) is 0.565. The van der Waals surface area contributed by atoms with Crippen molar-refractivity contribution in [3.63, 3.8) is 0 Å². The summed E-state index contributed by atoms with van der Waals surface area (Å²) in [4.78, 5) is 33.6. The van der Waals surface area contributed by atoms with E-state index in [-0.39, 0.29) is 42.6 Å². The van der Waals surface area contributed by atoms with Gasteiger partial charge in [-0.15, -0.1) is 5.10 Å². The molecule has 0 aromatic carbocycles. The third kappa shape index (κ3) is 3.78. The molecule has 5 rings (SSSR count). The molecular weight excluding hydrogens is 438 g/mol. The van der Waals surface area contributed by atoms with E-state index in [4.69, 9.17) is 4.74 Å². The number of rotatable bonds is 6. The number of ether oxygens (including phenoxy) is 1. The number of carbonyl (C=O) groups is 2. The van der Waals surface area contributed by atoms with Crippen LogP contribution in [0.1, 0.15) is 50.6 Å². The summed E-state index contributed by atoms with van der Waals surface area (Å²) in [7, 11) is 2.03. The maximum atomic E-state index is 13.4. The van der Waals surface area contributed by atoms with Crippen LogP contribution in [0.25, 0.3) is 5.82 Å². The van der Waals surface area contributed by atoms with Gasteiger partial charge in [0.15, 0.2) is 5.82 Å². The van der Waals surface area contributed by atoms with Crippen molar-refractivity contribution in [2.75, 3.05) is 26.8 Å². The molecule has 1 saturated heterocycles. The van der Waals surface area contributed by atoms with Gasteiger partial charge in [0.2, 0.25) is 5.91 Å². The van der Waals surface area contributed by atoms with E-state index < -0.39 is 0 Å². The smallest absolute Gasteiger partial charge is 0.336 e. The summed E-state index contributed by atoms with van der Waals surface area (Å²) in [6.07, 6.45) is 7.38. The number of esters is 1. The Hall–Kier alpha value is -3.18. The van der Waals surface area contributed by atoms with E-state index in [1.807, 2.05) is 19.2 Å². The topological polar surface area (TPSA) is 127 Å². The lowest BCUT2D eigenvalue weighted by Gasteiger charge is -2.42. The summed E-state index contributed by atoms with van der Waals surface area (Å²) >= 11 is 0. The molecule has 180 valence electrons. The average Bonchev–Trinajstić information content (AvgIpc) is 3.58. The summed E-state index contributed by atoms with van der Waals surface area (Å²) in [5, 5.41) is 21.3. The van der Waals surface area contributed by atoms with Crippen molar-refractivity contribution in [3.8, 4) is 5.82 Å². The molecule has 1 N–H and O–H groups in total. The van der Waals surface area contributed by atoms with Crippen LogP contribution in [0, 0.1) is 5.41 Å². The van der Waals surface area contributed by atoms with Crippen LogP contribution in [-0.2, 0) is 14.3 Å². The van der Waals surface area contributed by atoms with Crippen LogP contribution in [-0.4, -0.2) is 84.8 Å². The van der Waals surface area contributed by atoms with Crippen LogP contribution >= 0.6 is 0 Å². The van der Waals surface area contributed by atoms with Gasteiger partial charge < -0.3 is 14.7 Å². The lowest BCUT2D eigenvalue weighted by molar-refractivity contribution is -0.138. The van der Waals surface area contributed by atoms with Crippen molar-refractivity contribution in [1.82, 2.24) is 35.0 Å². The molecule has 1 saturated carbocycles. The second kappa shape index (κ2) is 8.88. The third-order valence-corrected chi connectivity index (χ3v) is 7.81. The van der Waals surface area contributed by atoms with Crippen molar-refractivity contribution < 1.29 is 19.4 Å². The molecule has 1 atom stereocenters. The number of aliphatic hydroxyl groups is 1. The molecule has 34 heavy (non-hydrogen) atoms. The lowest BCUT2D eigenvalue weighted by atomic mass is 9.71. The zero-order valence-electron chi connectivity index (χ0n) is 19.4. The first kappa shape index (κ1) is 22.6. The van der Waals surface area contributed by atoms with Gasteiger partial charge in [0, 0.05) is 18.8 Å². The fourth-order valence-corrected chi connectivity index (χ4v) is 5.57. The normalized spacial score (nSPS) is 26.1. The highest BCUT2D eigenvalue weighted by Gasteiger charge is 2.50. The number of cyclic esters (lactones) is 1. The Morgan fingerprint density at radius 2 is 2.06 bits per heavy atom. The Kier molecular flexibility index (Phi) is 5.90. The number of hydrogen-bond acceptors (Lipinski definition) is 9. The molecule has 1 aliphatic carbocycles. The van der Waals surface area contributed by atoms with Crippen LogP contribution in [0.2, 0.25) is 0 Å². The Morgan fingerprint density at radius 3 is 2.65 bits per heavy atom. The standard InChI is InChI=1S/C23H29N7O4/c1-15-19(13-34-21(15)32)29-10-9-23(22(29)33)7-5-17(6-8-23)28(2)18(12-31)16-3-4-20(24-11-16)30-14-25-26-27-30/h3-4,11,14,17-18,31H,5-10,12-13H2,1-2H3/t17?,18-,23?/m0/s1. The first-order valence-electron chi connectivity index (χ1n) is 11.6. The van der Waals surface area contributed by atoms with Crippen LogP contribution in [0.5, 0.6) is 0 Å². The van der Waals surface area contributed by atoms with E-state index >= 15 is 0 Å². The van der Waals surface area contributed by atoms with Gasteiger partial charge in [-0.25, -0.2) is 9.78 Å². The van der Waals surface area contributed by atoms with Gasteiger partial charge in [-0.1, -0.05) is 6.07 Å². The zero-order valence-corrected chi connectivity index (χ0v) is 19.4. The molecule has 0 bridgehead atoms. The molecule has 3 aliphatic rings. The van der Waals surface area contributed by atoms with Gasteiger partial charge in [-0.2, -0.15) is 4.68 Å². The number of aliphatic hydroxyl groups excluding tert-OH is 1. The van der Waals surface area contributed by atoms with Crippen molar-refractivity contribution in [2.24, 2.45) is 5.41 Å². The van der Waals surface area contributed by atoms with Crippen LogP contribution in [0.15, 0.2) is 35.9 Å². The number of aromatic nitrogens is 5. The van der Waals surface area contributed by atoms with E-state index in [0.717, 1.165) is 43.4 Å². The molecule has 11 nitrogen and oxygen atoms in total. The molecular formula is C23H29N7O4. The van der Waals surface area contributed by atoms with Crippen LogP contribution < -0.4 is 0 Å². The Labute approximate surface area is 197 Å². The lowest BCUT2D eigenvalue weighted by Crippen LogP contribution is -2.44. The Bertz CT molecular complexity index is 1090. The summed E-state index contributed by atoms with van der Waals surface area (Å²) < 4.78 is 6.60. The summed E-state index contributed by atoms with van der Waals surface area (Å²) in [6, 6.07) is 3.82. The van der Waals surface area contributed by atoms with Gasteiger partial charge in [-0.3, -0.25) is 9.69 Å². The van der Waals surface area contributed by atoms with Crippen molar-refractivity contribution >= 4 is 11.9 Å². The number of likely N-dealkylation sites (tertiary alicyclic amines) is 1.